The summed E-state index contributed by atoms with van der Waals surface area (Å²) in [6, 6.07) is -2.62. The number of urea groups is 1. The van der Waals surface area contributed by atoms with Gasteiger partial charge >= 0.3 is 12.0 Å². The number of rotatable bonds is 3. The Labute approximate surface area is 96.7 Å². The fraction of sp³-hybridized carbons (Fsp3) is 0.556. The molecule has 1 heterocycles. The second kappa shape index (κ2) is 5.28. The van der Waals surface area contributed by atoms with Crippen molar-refractivity contribution < 1.29 is 24.3 Å². The van der Waals surface area contributed by atoms with Gasteiger partial charge in [-0.15, -0.1) is 0 Å². The van der Waals surface area contributed by atoms with Gasteiger partial charge in [0.1, 0.15) is 12.1 Å². The van der Waals surface area contributed by atoms with E-state index in [1.54, 1.807) is 0 Å². The van der Waals surface area contributed by atoms with E-state index < -0.39 is 30.0 Å². The zero-order valence-corrected chi connectivity index (χ0v) is 9.15. The number of imide groups is 1. The van der Waals surface area contributed by atoms with Gasteiger partial charge in [0, 0.05) is 6.42 Å². The zero-order valence-electron chi connectivity index (χ0n) is 9.15. The Bertz CT molecular complexity index is 368. The maximum Gasteiger partial charge on any atom is 0.325 e. The van der Waals surface area contributed by atoms with E-state index in [1.165, 1.54) is 6.92 Å². The molecular formula is C9H13N3O5. The first-order valence-corrected chi connectivity index (χ1v) is 5.03. The number of amides is 4. The summed E-state index contributed by atoms with van der Waals surface area (Å²) < 4.78 is 0. The molecule has 8 heteroatoms. The van der Waals surface area contributed by atoms with E-state index in [-0.39, 0.29) is 18.7 Å². The van der Waals surface area contributed by atoms with Crippen molar-refractivity contribution in [1.82, 2.24) is 16.0 Å². The molecule has 0 aliphatic carbocycles. The summed E-state index contributed by atoms with van der Waals surface area (Å²) in [5, 5.41) is 15.1. The van der Waals surface area contributed by atoms with E-state index >= 15 is 0 Å². The lowest BCUT2D eigenvalue weighted by Gasteiger charge is -2.22. The molecule has 4 amide bonds. The van der Waals surface area contributed by atoms with Crippen LogP contribution in [0.4, 0.5) is 4.79 Å². The van der Waals surface area contributed by atoms with Crippen LogP contribution in [0.15, 0.2) is 0 Å². The van der Waals surface area contributed by atoms with Gasteiger partial charge in [-0.1, -0.05) is 0 Å². The van der Waals surface area contributed by atoms with Crippen molar-refractivity contribution in [3.05, 3.63) is 0 Å². The van der Waals surface area contributed by atoms with Gasteiger partial charge in [-0.05, 0) is 13.3 Å². The number of carboxylic acids is 1. The van der Waals surface area contributed by atoms with E-state index in [4.69, 9.17) is 5.11 Å². The molecule has 8 nitrogen and oxygen atoms in total. The summed E-state index contributed by atoms with van der Waals surface area (Å²) in [6.07, 6.45) is 0.352. The van der Waals surface area contributed by atoms with Crippen LogP contribution >= 0.6 is 0 Å². The Hall–Kier alpha value is -2.12. The Kier molecular flexibility index (Phi) is 4.02. The fourth-order valence-electron chi connectivity index (χ4n) is 1.29. The maximum atomic E-state index is 11.3. The highest BCUT2D eigenvalue weighted by molar-refractivity contribution is 6.01. The molecule has 2 atom stereocenters. The van der Waals surface area contributed by atoms with Crippen LogP contribution in [0.25, 0.3) is 0 Å². The minimum Gasteiger partial charge on any atom is -0.480 e. The molecule has 1 rings (SSSR count). The molecule has 1 saturated heterocycles. The van der Waals surface area contributed by atoms with Crippen LogP contribution in [-0.4, -0.2) is 41.0 Å². The zero-order chi connectivity index (χ0) is 13.0. The smallest absolute Gasteiger partial charge is 0.325 e. The molecule has 0 bridgehead atoms. The standard InChI is InChI=1S/C9H13N3O5/c1-4(8(15)16)10-9(17)11-5-2-3-6(13)12-7(5)14/h4-5H,2-3H2,1H3,(H,15,16)(H2,10,11,17)(H,12,13,14). The van der Waals surface area contributed by atoms with Crippen molar-refractivity contribution in [2.45, 2.75) is 31.8 Å². The SMILES string of the molecule is CC(NC(=O)NC1CCC(=O)NC1=O)C(=O)O. The summed E-state index contributed by atoms with van der Waals surface area (Å²) in [7, 11) is 0. The number of hydrogen-bond acceptors (Lipinski definition) is 4. The predicted octanol–water partition coefficient (Wildman–Crippen LogP) is -1.44. The van der Waals surface area contributed by atoms with Crippen molar-refractivity contribution >= 4 is 23.8 Å². The van der Waals surface area contributed by atoms with Crippen LogP contribution in [0.5, 0.6) is 0 Å². The third kappa shape index (κ3) is 3.74. The Morgan fingerprint density at radius 2 is 2.12 bits per heavy atom. The van der Waals surface area contributed by atoms with E-state index in [1.807, 2.05) is 0 Å². The third-order valence-electron chi connectivity index (χ3n) is 2.26. The number of carbonyl (C=O) groups excluding carboxylic acids is 3. The van der Waals surface area contributed by atoms with Crippen LogP contribution < -0.4 is 16.0 Å². The number of hydrogen-bond donors (Lipinski definition) is 4. The van der Waals surface area contributed by atoms with Crippen LogP contribution in [0.2, 0.25) is 0 Å². The van der Waals surface area contributed by atoms with Gasteiger partial charge < -0.3 is 15.7 Å². The van der Waals surface area contributed by atoms with Crippen LogP contribution in [0.3, 0.4) is 0 Å². The second-order valence-electron chi connectivity index (χ2n) is 3.68. The quantitative estimate of drug-likeness (QED) is 0.452. The fourth-order valence-corrected chi connectivity index (χ4v) is 1.29. The highest BCUT2D eigenvalue weighted by atomic mass is 16.4. The monoisotopic (exact) mass is 243 g/mol. The summed E-state index contributed by atoms with van der Waals surface area (Å²) in [5.41, 5.74) is 0. The first-order valence-electron chi connectivity index (χ1n) is 5.03. The van der Waals surface area contributed by atoms with E-state index in [9.17, 15) is 19.2 Å². The summed E-state index contributed by atoms with van der Waals surface area (Å²) in [4.78, 5) is 43.9. The van der Waals surface area contributed by atoms with Gasteiger partial charge in [-0.25, -0.2) is 4.79 Å². The Morgan fingerprint density at radius 1 is 1.47 bits per heavy atom. The highest BCUT2D eigenvalue weighted by Gasteiger charge is 2.28. The Morgan fingerprint density at radius 3 is 2.65 bits per heavy atom. The van der Waals surface area contributed by atoms with Crippen LogP contribution in [0, 0.1) is 0 Å². The molecule has 94 valence electrons. The molecule has 2 unspecified atom stereocenters. The number of carboxylic acid groups (broad SMARTS) is 1. The topological polar surface area (TPSA) is 125 Å². The minimum atomic E-state index is -1.18. The normalized spacial score (nSPS) is 21.4. The minimum absolute atomic E-state index is 0.144. The second-order valence-corrected chi connectivity index (χ2v) is 3.68. The van der Waals surface area contributed by atoms with E-state index in [2.05, 4.69) is 16.0 Å². The molecule has 0 spiro atoms. The largest absolute Gasteiger partial charge is 0.480 e. The Balaban J connectivity index is 2.43. The molecule has 0 radical (unpaired) electrons. The first-order chi connectivity index (χ1) is 7.90. The molecule has 0 saturated carbocycles. The molecule has 1 aliphatic heterocycles. The van der Waals surface area contributed by atoms with Crippen molar-refractivity contribution in [2.24, 2.45) is 0 Å². The lowest BCUT2D eigenvalue weighted by molar-refractivity contribution is -0.138. The van der Waals surface area contributed by atoms with Crippen molar-refractivity contribution in [1.29, 1.82) is 0 Å². The molecular weight excluding hydrogens is 230 g/mol. The molecule has 1 aliphatic rings. The number of aliphatic carboxylic acids is 1. The van der Waals surface area contributed by atoms with Crippen molar-refractivity contribution in [3.63, 3.8) is 0 Å². The first kappa shape index (κ1) is 12.9. The number of piperidine rings is 1. The summed E-state index contributed by atoms with van der Waals surface area (Å²) >= 11 is 0. The molecule has 4 N–H and O–H groups in total. The summed E-state index contributed by atoms with van der Waals surface area (Å²) in [5.74, 6) is -2.14. The lowest BCUT2D eigenvalue weighted by Crippen LogP contribution is -2.55. The molecule has 17 heavy (non-hydrogen) atoms. The van der Waals surface area contributed by atoms with Gasteiger partial charge in [0.2, 0.25) is 11.8 Å². The van der Waals surface area contributed by atoms with E-state index in [0.29, 0.717) is 0 Å². The molecule has 1 fully saturated rings. The average Bonchev–Trinajstić information content (AvgIpc) is 2.22. The van der Waals surface area contributed by atoms with Crippen molar-refractivity contribution in [2.75, 3.05) is 0 Å². The molecule has 0 aromatic carbocycles. The number of nitrogens with one attached hydrogen (secondary N) is 3. The van der Waals surface area contributed by atoms with Crippen LogP contribution in [-0.2, 0) is 14.4 Å². The molecule has 0 aromatic rings. The van der Waals surface area contributed by atoms with Crippen LogP contribution in [0.1, 0.15) is 19.8 Å². The number of carbonyl (C=O) groups is 4. The van der Waals surface area contributed by atoms with Gasteiger partial charge in [-0.2, -0.15) is 0 Å². The summed E-state index contributed by atoms with van der Waals surface area (Å²) in [6.45, 7) is 1.30. The van der Waals surface area contributed by atoms with Gasteiger partial charge in [-0.3, -0.25) is 19.7 Å². The van der Waals surface area contributed by atoms with Crippen molar-refractivity contribution in [3.8, 4) is 0 Å². The molecule has 0 aromatic heterocycles. The maximum absolute atomic E-state index is 11.3. The predicted molar refractivity (Wildman–Crippen MR) is 54.9 cm³/mol. The van der Waals surface area contributed by atoms with E-state index in [0.717, 1.165) is 0 Å². The average molecular weight is 243 g/mol. The third-order valence-corrected chi connectivity index (χ3v) is 2.26. The lowest BCUT2D eigenvalue weighted by atomic mass is 10.1. The van der Waals surface area contributed by atoms with Gasteiger partial charge in [0.15, 0.2) is 0 Å². The van der Waals surface area contributed by atoms with Gasteiger partial charge in [0.05, 0.1) is 0 Å². The highest BCUT2D eigenvalue weighted by Crippen LogP contribution is 2.03. The van der Waals surface area contributed by atoms with Gasteiger partial charge in [0.25, 0.3) is 0 Å².